The first-order valence-corrected chi connectivity index (χ1v) is 7.64. The number of carbonyl (C=O) groups is 1. The van der Waals surface area contributed by atoms with Crippen LogP contribution >= 0.6 is 0 Å². The standard InChI is InChI=1S/C19H20N2O3/c1-5-24-18-15(9-14(11-20)10-17(18)23-4)19(22)21-16-8-6-7-12(2)13(16)3/h6-10H,5H2,1-4H3,(H,21,22). The molecule has 0 unspecified atom stereocenters. The van der Waals surface area contributed by atoms with Gasteiger partial charge in [0, 0.05) is 11.8 Å². The molecule has 0 atom stereocenters. The van der Waals surface area contributed by atoms with Gasteiger partial charge in [0.25, 0.3) is 5.91 Å². The SMILES string of the molecule is CCOc1c(OC)cc(C#N)cc1C(=O)Nc1cccc(C)c1C. The summed E-state index contributed by atoms with van der Waals surface area (Å²) in [5.74, 6) is 0.353. The number of rotatable bonds is 5. The van der Waals surface area contributed by atoms with Crippen LogP contribution in [0.2, 0.25) is 0 Å². The average molecular weight is 324 g/mol. The van der Waals surface area contributed by atoms with Gasteiger partial charge in [-0.3, -0.25) is 4.79 Å². The van der Waals surface area contributed by atoms with Crippen LogP contribution in [-0.2, 0) is 0 Å². The molecular formula is C19H20N2O3. The van der Waals surface area contributed by atoms with E-state index in [0.717, 1.165) is 16.8 Å². The van der Waals surface area contributed by atoms with Crippen molar-refractivity contribution >= 4 is 11.6 Å². The van der Waals surface area contributed by atoms with Gasteiger partial charge in [0.05, 0.1) is 30.9 Å². The minimum Gasteiger partial charge on any atom is -0.493 e. The fourth-order valence-electron chi connectivity index (χ4n) is 2.36. The van der Waals surface area contributed by atoms with E-state index >= 15 is 0 Å². The minimum absolute atomic E-state index is 0.272. The third-order valence-corrected chi connectivity index (χ3v) is 3.79. The Morgan fingerprint density at radius 1 is 1.29 bits per heavy atom. The van der Waals surface area contributed by atoms with Crippen molar-refractivity contribution in [1.29, 1.82) is 5.26 Å². The average Bonchev–Trinajstić information content (AvgIpc) is 2.59. The number of benzene rings is 2. The molecule has 0 aromatic heterocycles. The van der Waals surface area contributed by atoms with Crippen molar-refractivity contribution in [3.05, 3.63) is 52.6 Å². The van der Waals surface area contributed by atoms with Crippen molar-refractivity contribution in [2.45, 2.75) is 20.8 Å². The van der Waals surface area contributed by atoms with Crippen molar-refractivity contribution in [1.82, 2.24) is 0 Å². The molecule has 0 saturated heterocycles. The van der Waals surface area contributed by atoms with E-state index in [1.54, 1.807) is 6.07 Å². The molecule has 1 N–H and O–H groups in total. The van der Waals surface area contributed by atoms with Gasteiger partial charge in [0.15, 0.2) is 11.5 Å². The number of anilines is 1. The Bertz CT molecular complexity index is 807. The molecule has 0 fully saturated rings. The highest BCUT2D eigenvalue weighted by atomic mass is 16.5. The highest BCUT2D eigenvalue weighted by molar-refractivity contribution is 6.07. The molecule has 0 aliphatic carbocycles. The zero-order valence-electron chi connectivity index (χ0n) is 14.3. The van der Waals surface area contributed by atoms with Crippen LogP contribution in [-0.4, -0.2) is 19.6 Å². The lowest BCUT2D eigenvalue weighted by molar-refractivity contribution is 0.102. The van der Waals surface area contributed by atoms with Crippen LogP contribution in [0.1, 0.15) is 34.0 Å². The van der Waals surface area contributed by atoms with E-state index in [4.69, 9.17) is 9.47 Å². The molecule has 0 bridgehead atoms. The van der Waals surface area contributed by atoms with E-state index in [-0.39, 0.29) is 11.5 Å². The summed E-state index contributed by atoms with van der Waals surface area (Å²) in [5.41, 5.74) is 3.41. The largest absolute Gasteiger partial charge is 0.493 e. The van der Waals surface area contributed by atoms with Gasteiger partial charge >= 0.3 is 0 Å². The molecule has 2 aromatic carbocycles. The van der Waals surface area contributed by atoms with Crippen LogP contribution in [0.25, 0.3) is 0 Å². The van der Waals surface area contributed by atoms with Gasteiger partial charge in [-0.2, -0.15) is 5.26 Å². The van der Waals surface area contributed by atoms with Gasteiger partial charge in [0.1, 0.15) is 0 Å². The van der Waals surface area contributed by atoms with E-state index in [2.05, 4.69) is 5.32 Å². The van der Waals surface area contributed by atoms with Gasteiger partial charge in [-0.15, -0.1) is 0 Å². The first-order chi connectivity index (χ1) is 11.5. The second-order valence-corrected chi connectivity index (χ2v) is 5.30. The lowest BCUT2D eigenvalue weighted by atomic mass is 10.1. The lowest BCUT2D eigenvalue weighted by Gasteiger charge is -2.16. The maximum absolute atomic E-state index is 12.8. The fraction of sp³-hybridized carbons (Fsp3) is 0.263. The number of hydrogen-bond donors (Lipinski definition) is 1. The molecule has 5 nitrogen and oxygen atoms in total. The molecule has 124 valence electrons. The molecule has 0 heterocycles. The van der Waals surface area contributed by atoms with Crippen LogP contribution in [0.4, 0.5) is 5.69 Å². The third kappa shape index (κ3) is 3.49. The maximum Gasteiger partial charge on any atom is 0.259 e. The van der Waals surface area contributed by atoms with Gasteiger partial charge in [-0.05, 0) is 44.0 Å². The zero-order valence-corrected chi connectivity index (χ0v) is 14.3. The minimum atomic E-state index is -0.345. The summed E-state index contributed by atoms with van der Waals surface area (Å²) in [6.45, 7) is 6.13. The molecule has 0 saturated carbocycles. The van der Waals surface area contributed by atoms with Crippen molar-refractivity contribution in [2.24, 2.45) is 0 Å². The second kappa shape index (κ2) is 7.51. The number of carbonyl (C=O) groups excluding carboxylic acids is 1. The Morgan fingerprint density at radius 2 is 2.04 bits per heavy atom. The molecular weight excluding hydrogens is 304 g/mol. The maximum atomic E-state index is 12.8. The van der Waals surface area contributed by atoms with Crippen molar-refractivity contribution in [2.75, 3.05) is 19.0 Å². The molecule has 2 aromatic rings. The Hall–Kier alpha value is -3.00. The van der Waals surface area contributed by atoms with Crippen LogP contribution < -0.4 is 14.8 Å². The van der Waals surface area contributed by atoms with E-state index < -0.39 is 0 Å². The fourth-order valence-corrected chi connectivity index (χ4v) is 2.36. The monoisotopic (exact) mass is 324 g/mol. The van der Waals surface area contributed by atoms with Crippen LogP contribution in [0, 0.1) is 25.2 Å². The predicted octanol–water partition coefficient (Wildman–Crippen LogP) is 3.83. The molecule has 1 amide bonds. The predicted molar refractivity (Wildman–Crippen MR) is 92.7 cm³/mol. The lowest BCUT2D eigenvalue weighted by Crippen LogP contribution is -2.15. The van der Waals surface area contributed by atoms with E-state index in [1.165, 1.54) is 13.2 Å². The van der Waals surface area contributed by atoms with E-state index in [0.29, 0.717) is 23.7 Å². The number of ether oxygens (including phenoxy) is 2. The summed E-state index contributed by atoms with van der Waals surface area (Å²) < 4.78 is 10.8. The molecule has 0 spiro atoms. The molecule has 0 aliphatic rings. The highest BCUT2D eigenvalue weighted by Crippen LogP contribution is 2.33. The van der Waals surface area contributed by atoms with Crippen LogP contribution in [0.3, 0.4) is 0 Å². The Kier molecular flexibility index (Phi) is 5.43. The Balaban J connectivity index is 2.47. The first kappa shape index (κ1) is 17.4. The summed E-state index contributed by atoms with van der Waals surface area (Å²) >= 11 is 0. The van der Waals surface area contributed by atoms with Crippen molar-refractivity contribution in [3.63, 3.8) is 0 Å². The van der Waals surface area contributed by atoms with Crippen LogP contribution in [0.15, 0.2) is 30.3 Å². The summed E-state index contributed by atoms with van der Waals surface area (Å²) in [6.07, 6.45) is 0. The number of nitriles is 1. The Morgan fingerprint density at radius 3 is 2.67 bits per heavy atom. The molecule has 0 aliphatic heterocycles. The topological polar surface area (TPSA) is 71.3 Å². The number of hydrogen-bond acceptors (Lipinski definition) is 4. The van der Waals surface area contributed by atoms with Gasteiger partial charge in [0.2, 0.25) is 0 Å². The summed E-state index contributed by atoms with van der Waals surface area (Å²) in [7, 11) is 1.48. The molecule has 2 rings (SSSR count). The van der Waals surface area contributed by atoms with Gasteiger partial charge in [-0.25, -0.2) is 0 Å². The number of aryl methyl sites for hydroxylation is 1. The van der Waals surface area contributed by atoms with Crippen molar-refractivity contribution < 1.29 is 14.3 Å². The summed E-state index contributed by atoms with van der Waals surface area (Å²) in [5, 5.41) is 12.1. The Labute approximate surface area is 141 Å². The molecule has 0 radical (unpaired) electrons. The van der Waals surface area contributed by atoms with Gasteiger partial charge < -0.3 is 14.8 Å². The summed E-state index contributed by atoms with van der Waals surface area (Å²) in [6, 6.07) is 10.8. The second-order valence-electron chi connectivity index (χ2n) is 5.30. The third-order valence-electron chi connectivity index (χ3n) is 3.79. The normalized spacial score (nSPS) is 9.96. The van der Waals surface area contributed by atoms with Crippen molar-refractivity contribution in [3.8, 4) is 17.6 Å². The van der Waals surface area contributed by atoms with E-state index in [1.807, 2.05) is 45.0 Å². The molecule has 5 heteroatoms. The number of methoxy groups -OCH3 is 1. The van der Waals surface area contributed by atoms with Crippen LogP contribution in [0.5, 0.6) is 11.5 Å². The molecule has 24 heavy (non-hydrogen) atoms. The highest BCUT2D eigenvalue weighted by Gasteiger charge is 2.20. The smallest absolute Gasteiger partial charge is 0.259 e. The first-order valence-electron chi connectivity index (χ1n) is 7.64. The number of amides is 1. The summed E-state index contributed by atoms with van der Waals surface area (Å²) in [4.78, 5) is 12.8. The zero-order chi connectivity index (χ0) is 17.7. The van der Waals surface area contributed by atoms with Gasteiger partial charge in [-0.1, -0.05) is 12.1 Å². The van der Waals surface area contributed by atoms with E-state index in [9.17, 15) is 10.1 Å². The quantitative estimate of drug-likeness (QED) is 0.907. The number of nitrogens with one attached hydrogen (secondary N) is 1. The number of nitrogens with zero attached hydrogens (tertiary/aromatic N) is 1.